The topological polar surface area (TPSA) is 20.3 Å². The Morgan fingerprint density at radius 2 is 1.67 bits per heavy atom. The summed E-state index contributed by atoms with van der Waals surface area (Å²) in [5.41, 5.74) is 2.90. The van der Waals surface area contributed by atoms with Gasteiger partial charge in [-0.15, -0.1) is 0 Å². The van der Waals surface area contributed by atoms with Crippen LogP contribution in [0.2, 0.25) is 0 Å². The average molecular weight is 203 g/mol. The number of hydrogen-bond acceptors (Lipinski definition) is 2. The first-order valence-corrected chi connectivity index (χ1v) is 4.94. The van der Waals surface area contributed by atoms with Crippen molar-refractivity contribution in [3.8, 4) is 0 Å². The number of benzene rings is 1. The van der Waals surface area contributed by atoms with Crippen LogP contribution in [0.1, 0.15) is 22.8 Å². The molecular formula is C13H17NO. The minimum atomic E-state index is 0.0970. The van der Waals surface area contributed by atoms with Gasteiger partial charge in [0.1, 0.15) is 0 Å². The van der Waals surface area contributed by atoms with Crippen molar-refractivity contribution < 1.29 is 4.79 Å². The van der Waals surface area contributed by atoms with Crippen LogP contribution in [-0.4, -0.2) is 31.3 Å². The van der Waals surface area contributed by atoms with Crippen molar-refractivity contribution >= 4 is 11.4 Å². The van der Waals surface area contributed by atoms with Gasteiger partial charge >= 0.3 is 0 Å². The van der Waals surface area contributed by atoms with E-state index in [-0.39, 0.29) is 5.78 Å². The predicted molar refractivity (Wildman–Crippen MR) is 64.0 cm³/mol. The lowest BCUT2D eigenvalue weighted by atomic mass is 10.0. The van der Waals surface area contributed by atoms with Crippen molar-refractivity contribution in [3.05, 3.63) is 42.0 Å². The van der Waals surface area contributed by atoms with Crippen LogP contribution in [0, 0.1) is 0 Å². The first kappa shape index (κ1) is 11.7. The van der Waals surface area contributed by atoms with E-state index in [1.165, 1.54) is 0 Å². The summed E-state index contributed by atoms with van der Waals surface area (Å²) in [5.74, 6) is 0.0970. The number of likely N-dealkylation sites (N-methyl/N-ethyl adjacent to an activating group) is 1. The molecule has 0 heterocycles. The van der Waals surface area contributed by atoms with Crippen LogP contribution in [0.4, 0.5) is 0 Å². The van der Waals surface area contributed by atoms with Gasteiger partial charge < -0.3 is 4.90 Å². The molecule has 0 N–H and O–H groups in total. The average Bonchev–Trinajstić information content (AvgIpc) is 2.17. The van der Waals surface area contributed by atoms with Crippen LogP contribution in [0.25, 0.3) is 5.57 Å². The van der Waals surface area contributed by atoms with Crippen LogP contribution in [0.5, 0.6) is 0 Å². The Morgan fingerprint density at radius 3 is 2.07 bits per heavy atom. The minimum Gasteiger partial charge on any atom is -0.305 e. The van der Waals surface area contributed by atoms with Gasteiger partial charge in [-0.3, -0.25) is 4.79 Å². The van der Waals surface area contributed by atoms with E-state index in [0.717, 1.165) is 23.2 Å². The highest BCUT2D eigenvalue weighted by Crippen LogP contribution is 2.14. The molecule has 0 radical (unpaired) electrons. The zero-order chi connectivity index (χ0) is 11.4. The van der Waals surface area contributed by atoms with Gasteiger partial charge in [0.15, 0.2) is 5.78 Å². The van der Waals surface area contributed by atoms with Gasteiger partial charge in [0.25, 0.3) is 0 Å². The number of rotatable bonds is 4. The maximum Gasteiger partial charge on any atom is 0.159 e. The number of carbonyl (C=O) groups is 1. The van der Waals surface area contributed by atoms with E-state index < -0.39 is 0 Å². The lowest BCUT2D eigenvalue weighted by molar-refractivity contribution is 0.101. The molecule has 0 aliphatic rings. The Hall–Kier alpha value is -1.41. The highest BCUT2D eigenvalue weighted by Gasteiger charge is 2.02. The number of Topliss-reactive ketones (excluding diaryl/α,β-unsaturated/α-hetero) is 1. The van der Waals surface area contributed by atoms with Gasteiger partial charge in [0.2, 0.25) is 0 Å². The van der Waals surface area contributed by atoms with E-state index in [2.05, 4.69) is 11.5 Å². The SMILES string of the molecule is C=C(CN(C)C)c1ccc(C(C)=O)cc1. The predicted octanol–water partition coefficient (Wildman–Crippen LogP) is 2.46. The molecule has 0 aliphatic heterocycles. The molecule has 0 atom stereocenters. The molecule has 1 rings (SSSR count). The Morgan fingerprint density at radius 1 is 1.20 bits per heavy atom. The summed E-state index contributed by atoms with van der Waals surface area (Å²) in [6, 6.07) is 7.59. The Bertz CT molecular complexity index is 363. The largest absolute Gasteiger partial charge is 0.305 e. The highest BCUT2D eigenvalue weighted by atomic mass is 16.1. The second kappa shape index (κ2) is 4.89. The summed E-state index contributed by atoms with van der Waals surface area (Å²) in [5, 5.41) is 0. The summed E-state index contributed by atoms with van der Waals surface area (Å²) >= 11 is 0. The molecule has 80 valence electrons. The second-order valence-electron chi connectivity index (χ2n) is 3.97. The van der Waals surface area contributed by atoms with Crippen LogP contribution in [-0.2, 0) is 0 Å². The normalized spacial score (nSPS) is 10.4. The van der Waals surface area contributed by atoms with Gasteiger partial charge in [0, 0.05) is 12.1 Å². The standard InChI is InChI=1S/C13H17NO/c1-10(9-14(3)4)12-5-7-13(8-6-12)11(2)15/h5-8H,1,9H2,2-4H3. The molecule has 0 spiro atoms. The molecule has 1 aromatic rings. The Balaban J connectivity index is 2.80. The summed E-state index contributed by atoms with van der Waals surface area (Å²) < 4.78 is 0. The zero-order valence-corrected chi connectivity index (χ0v) is 9.58. The smallest absolute Gasteiger partial charge is 0.159 e. The van der Waals surface area contributed by atoms with Gasteiger partial charge in [-0.2, -0.15) is 0 Å². The number of ketones is 1. The van der Waals surface area contributed by atoms with Crippen LogP contribution < -0.4 is 0 Å². The van der Waals surface area contributed by atoms with E-state index >= 15 is 0 Å². The zero-order valence-electron chi connectivity index (χ0n) is 9.58. The lowest BCUT2D eigenvalue weighted by Crippen LogP contribution is -2.13. The van der Waals surface area contributed by atoms with E-state index in [1.54, 1.807) is 6.92 Å². The third-order valence-electron chi connectivity index (χ3n) is 2.21. The van der Waals surface area contributed by atoms with E-state index in [1.807, 2.05) is 38.4 Å². The van der Waals surface area contributed by atoms with E-state index in [0.29, 0.717) is 0 Å². The van der Waals surface area contributed by atoms with E-state index in [9.17, 15) is 4.79 Å². The molecule has 0 saturated carbocycles. The fourth-order valence-corrected chi connectivity index (χ4v) is 1.41. The molecule has 0 bridgehead atoms. The van der Waals surface area contributed by atoms with E-state index in [4.69, 9.17) is 0 Å². The molecule has 0 aliphatic carbocycles. The summed E-state index contributed by atoms with van der Waals surface area (Å²) in [4.78, 5) is 13.1. The molecule has 0 aromatic heterocycles. The quantitative estimate of drug-likeness (QED) is 0.701. The summed E-state index contributed by atoms with van der Waals surface area (Å²) in [6.45, 7) is 6.42. The molecule has 15 heavy (non-hydrogen) atoms. The monoisotopic (exact) mass is 203 g/mol. The highest BCUT2D eigenvalue weighted by molar-refractivity contribution is 5.94. The van der Waals surface area contributed by atoms with Crippen molar-refractivity contribution in [2.24, 2.45) is 0 Å². The van der Waals surface area contributed by atoms with Crippen molar-refractivity contribution in [2.75, 3.05) is 20.6 Å². The first-order valence-electron chi connectivity index (χ1n) is 4.94. The fraction of sp³-hybridized carbons (Fsp3) is 0.308. The van der Waals surface area contributed by atoms with Crippen LogP contribution in [0.15, 0.2) is 30.8 Å². The third kappa shape index (κ3) is 3.33. The van der Waals surface area contributed by atoms with Crippen LogP contribution in [0.3, 0.4) is 0 Å². The molecular weight excluding hydrogens is 186 g/mol. The van der Waals surface area contributed by atoms with Gasteiger partial charge in [-0.05, 0) is 32.2 Å². The van der Waals surface area contributed by atoms with Crippen molar-refractivity contribution in [2.45, 2.75) is 6.92 Å². The third-order valence-corrected chi connectivity index (χ3v) is 2.21. The molecule has 1 aromatic carbocycles. The molecule has 0 saturated heterocycles. The van der Waals surface area contributed by atoms with Crippen molar-refractivity contribution in [1.82, 2.24) is 4.90 Å². The molecule has 0 unspecified atom stereocenters. The summed E-state index contributed by atoms with van der Waals surface area (Å²) in [6.07, 6.45) is 0. The Kier molecular flexibility index (Phi) is 3.81. The summed E-state index contributed by atoms with van der Waals surface area (Å²) in [7, 11) is 4.02. The second-order valence-corrected chi connectivity index (χ2v) is 3.97. The maximum absolute atomic E-state index is 11.1. The Labute approximate surface area is 91.2 Å². The van der Waals surface area contributed by atoms with Crippen molar-refractivity contribution in [3.63, 3.8) is 0 Å². The first-order chi connectivity index (χ1) is 7.00. The fourth-order valence-electron chi connectivity index (χ4n) is 1.41. The number of hydrogen-bond donors (Lipinski definition) is 0. The molecule has 2 nitrogen and oxygen atoms in total. The van der Waals surface area contributed by atoms with Crippen molar-refractivity contribution in [1.29, 1.82) is 0 Å². The number of nitrogens with zero attached hydrogens (tertiary/aromatic N) is 1. The molecule has 2 heteroatoms. The maximum atomic E-state index is 11.1. The van der Waals surface area contributed by atoms with Gasteiger partial charge in [-0.1, -0.05) is 30.8 Å². The van der Waals surface area contributed by atoms with Gasteiger partial charge in [-0.25, -0.2) is 0 Å². The minimum absolute atomic E-state index is 0.0970. The van der Waals surface area contributed by atoms with Crippen LogP contribution >= 0.6 is 0 Å². The molecule has 0 amide bonds. The lowest BCUT2D eigenvalue weighted by Gasteiger charge is -2.12. The van der Waals surface area contributed by atoms with Gasteiger partial charge in [0.05, 0.1) is 0 Å². The molecule has 0 fully saturated rings. The number of carbonyl (C=O) groups excluding carboxylic acids is 1.